The third kappa shape index (κ3) is 5.65. The van der Waals surface area contributed by atoms with Crippen LogP contribution in [0.4, 0.5) is 13.2 Å². The van der Waals surface area contributed by atoms with Gasteiger partial charge in [0.2, 0.25) is 21.8 Å². The molecule has 1 fully saturated rings. The standard InChI is InChI=1S/C21H22F3N3O4S/c1-13(15-5-7-18(8-6-15)32(25,30)31)26-20(29)16-10-19(28)27(12-16)11-14-3-2-4-17(9-14)21(22,23)24/h2-9,13,16H,10-12H2,1H3,(H,26,29)(H2,25,30,31). The lowest BCUT2D eigenvalue weighted by atomic mass is 10.1. The Labute approximate surface area is 183 Å². The summed E-state index contributed by atoms with van der Waals surface area (Å²) >= 11 is 0. The van der Waals surface area contributed by atoms with Gasteiger partial charge in [0.1, 0.15) is 0 Å². The van der Waals surface area contributed by atoms with Gasteiger partial charge in [0.25, 0.3) is 0 Å². The molecule has 0 bridgehead atoms. The summed E-state index contributed by atoms with van der Waals surface area (Å²) in [7, 11) is -3.82. The molecule has 3 N–H and O–H groups in total. The van der Waals surface area contributed by atoms with Crippen molar-refractivity contribution in [2.75, 3.05) is 6.54 Å². The van der Waals surface area contributed by atoms with Crippen LogP contribution in [0.2, 0.25) is 0 Å². The van der Waals surface area contributed by atoms with E-state index in [-0.39, 0.29) is 36.2 Å². The molecule has 1 saturated heterocycles. The minimum Gasteiger partial charge on any atom is -0.349 e. The monoisotopic (exact) mass is 469 g/mol. The van der Waals surface area contributed by atoms with Gasteiger partial charge in [0.05, 0.1) is 22.4 Å². The molecule has 0 saturated carbocycles. The average Bonchev–Trinajstić information content (AvgIpc) is 3.07. The summed E-state index contributed by atoms with van der Waals surface area (Å²) in [6, 6.07) is 10.0. The number of hydrogen-bond donors (Lipinski definition) is 2. The van der Waals surface area contributed by atoms with Crippen molar-refractivity contribution in [2.24, 2.45) is 11.1 Å². The highest BCUT2D eigenvalue weighted by Crippen LogP contribution is 2.30. The summed E-state index contributed by atoms with van der Waals surface area (Å²) in [5.41, 5.74) is 0.187. The molecule has 11 heteroatoms. The number of benzene rings is 2. The normalized spacial score (nSPS) is 18.0. The van der Waals surface area contributed by atoms with Crippen molar-refractivity contribution in [1.29, 1.82) is 0 Å². The van der Waals surface area contributed by atoms with Crippen LogP contribution in [0, 0.1) is 5.92 Å². The van der Waals surface area contributed by atoms with E-state index in [1.54, 1.807) is 6.92 Å². The Morgan fingerprint density at radius 3 is 2.47 bits per heavy atom. The number of carbonyl (C=O) groups excluding carboxylic acids is 2. The fourth-order valence-corrected chi connectivity index (χ4v) is 4.04. The second-order valence-corrected chi connectivity index (χ2v) is 9.28. The molecule has 2 amide bonds. The maximum Gasteiger partial charge on any atom is 0.416 e. The number of nitrogens with one attached hydrogen (secondary N) is 1. The fourth-order valence-electron chi connectivity index (χ4n) is 3.53. The predicted octanol–water partition coefficient (Wildman–Crippen LogP) is 2.58. The van der Waals surface area contributed by atoms with Gasteiger partial charge in [0.15, 0.2) is 0 Å². The highest BCUT2D eigenvalue weighted by Gasteiger charge is 2.35. The molecule has 1 aliphatic rings. The summed E-state index contributed by atoms with van der Waals surface area (Å²) < 4.78 is 61.4. The molecule has 1 aliphatic heterocycles. The van der Waals surface area contributed by atoms with Gasteiger partial charge < -0.3 is 10.2 Å². The van der Waals surface area contributed by atoms with E-state index in [2.05, 4.69) is 5.32 Å². The Hall–Kier alpha value is -2.92. The summed E-state index contributed by atoms with van der Waals surface area (Å²) in [6.45, 7) is 1.79. The molecule has 2 aromatic rings. The quantitative estimate of drug-likeness (QED) is 0.678. The van der Waals surface area contributed by atoms with E-state index in [0.29, 0.717) is 11.1 Å². The minimum absolute atomic E-state index is 0.0168. The van der Waals surface area contributed by atoms with E-state index in [1.807, 2.05) is 0 Å². The van der Waals surface area contributed by atoms with Gasteiger partial charge in [-0.15, -0.1) is 0 Å². The van der Waals surface area contributed by atoms with Gasteiger partial charge in [-0.3, -0.25) is 9.59 Å². The lowest BCUT2D eigenvalue weighted by Gasteiger charge is -2.19. The van der Waals surface area contributed by atoms with Crippen LogP contribution in [0.3, 0.4) is 0 Å². The predicted molar refractivity (Wildman–Crippen MR) is 109 cm³/mol. The van der Waals surface area contributed by atoms with Crippen molar-refractivity contribution in [3.63, 3.8) is 0 Å². The van der Waals surface area contributed by atoms with E-state index in [9.17, 15) is 31.2 Å². The number of carbonyl (C=O) groups is 2. The van der Waals surface area contributed by atoms with Gasteiger partial charge in [0, 0.05) is 19.5 Å². The van der Waals surface area contributed by atoms with Crippen LogP contribution in [0.15, 0.2) is 53.4 Å². The van der Waals surface area contributed by atoms with Crippen molar-refractivity contribution in [3.05, 3.63) is 65.2 Å². The maximum absolute atomic E-state index is 12.9. The zero-order chi connectivity index (χ0) is 23.7. The Morgan fingerprint density at radius 2 is 1.88 bits per heavy atom. The maximum atomic E-state index is 12.9. The van der Waals surface area contributed by atoms with E-state index in [4.69, 9.17) is 5.14 Å². The van der Waals surface area contributed by atoms with Crippen LogP contribution in [-0.2, 0) is 32.3 Å². The lowest BCUT2D eigenvalue weighted by Crippen LogP contribution is -2.34. The van der Waals surface area contributed by atoms with Crippen molar-refractivity contribution >= 4 is 21.8 Å². The Kier molecular flexibility index (Phi) is 6.61. The van der Waals surface area contributed by atoms with Crippen LogP contribution >= 0.6 is 0 Å². The average molecular weight is 469 g/mol. The molecule has 2 aromatic carbocycles. The second-order valence-electron chi connectivity index (χ2n) is 7.72. The second kappa shape index (κ2) is 8.91. The molecule has 0 aromatic heterocycles. The number of hydrogen-bond acceptors (Lipinski definition) is 4. The van der Waals surface area contributed by atoms with Crippen molar-refractivity contribution < 1.29 is 31.2 Å². The Balaban J connectivity index is 1.61. The number of likely N-dealkylation sites (tertiary alicyclic amines) is 1. The van der Waals surface area contributed by atoms with E-state index in [0.717, 1.165) is 12.1 Å². The molecule has 0 spiro atoms. The number of halogens is 3. The third-order valence-corrected chi connectivity index (χ3v) is 6.21. The van der Waals surface area contributed by atoms with Crippen molar-refractivity contribution in [2.45, 2.75) is 37.0 Å². The summed E-state index contributed by atoms with van der Waals surface area (Å²) in [5, 5.41) is 7.85. The zero-order valence-corrected chi connectivity index (χ0v) is 17.9. The van der Waals surface area contributed by atoms with Crippen molar-refractivity contribution in [3.8, 4) is 0 Å². The molecule has 3 rings (SSSR count). The highest BCUT2D eigenvalue weighted by atomic mass is 32.2. The number of rotatable bonds is 6. The molecule has 1 heterocycles. The van der Waals surface area contributed by atoms with E-state index >= 15 is 0 Å². The number of sulfonamides is 1. The fraction of sp³-hybridized carbons (Fsp3) is 0.333. The van der Waals surface area contributed by atoms with Gasteiger partial charge in [-0.1, -0.05) is 24.3 Å². The third-order valence-electron chi connectivity index (χ3n) is 5.28. The molecule has 0 aliphatic carbocycles. The zero-order valence-electron chi connectivity index (χ0n) is 17.1. The molecule has 32 heavy (non-hydrogen) atoms. The van der Waals surface area contributed by atoms with E-state index in [1.165, 1.54) is 41.3 Å². The largest absolute Gasteiger partial charge is 0.416 e. The lowest BCUT2D eigenvalue weighted by molar-refractivity contribution is -0.137. The first-order chi connectivity index (χ1) is 14.8. The molecule has 172 valence electrons. The highest BCUT2D eigenvalue weighted by molar-refractivity contribution is 7.89. The summed E-state index contributed by atoms with van der Waals surface area (Å²) in [6.07, 6.45) is -4.52. The Bertz CT molecular complexity index is 1120. The van der Waals surface area contributed by atoms with Gasteiger partial charge in [-0.05, 0) is 42.3 Å². The first-order valence-corrected chi connectivity index (χ1v) is 11.3. The molecular formula is C21H22F3N3O4S. The van der Waals surface area contributed by atoms with Crippen LogP contribution in [0.5, 0.6) is 0 Å². The smallest absolute Gasteiger partial charge is 0.349 e. The summed E-state index contributed by atoms with van der Waals surface area (Å²) in [4.78, 5) is 26.3. The molecule has 2 unspecified atom stereocenters. The number of nitrogens with zero attached hydrogens (tertiary/aromatic N) is 1. The first kappa shape index (κ1) is 23.7. The topological polar surface area (TPSA) is 110 Å². The van der Waals surface area contributed by atoms with Crippen molar-refractivity contribution in [1.82, 2.24) is 10.2 Å². The molecule has 2 atom stereocenters. The van der Waals surface area contributed by atoms with Gasteiger partial charge in [-0.25, -0.2) is 13.6 Å². The molecular weight excluding hydrogens is 447 g/mol. The number of primary sulfonamides is 1. The van der Waals surface area contributed by atoms with Crippen LogP contribution < -0.4 is 10.5 Å². The number of amides is 2. The van der Waals surface area contributed by atoms with Crippen LogP contribution in [-0.4, -0.2) is 31.7 Å². The Morgan fingerprint density at radius 1 is 1.22 bits per heavy atom. The summed E-state index contributed by atoms with van der Waals surface area (Å²) in [5.74, 6) is -1.32. The number of nitrogens with two attached hydrogens (primary N) is 1. The minimum atomic E-state index is -4.48. The van der Waals surface area contributed by atoms with Gasteiger partial charge in [-0.2, -0.15) is 13.2 Å². The SMILES string of the molecule is CC(NC(=O)C1CC(=O)N(Cc2cccc(C(F)(F)F)c2)C1)c1ccc(S(N)(=O)=O)cc1. The number of alkyl halides is 3. The van der Waals surface area contributed by atoms with E-state index < -0.39 is 33.7 Å². The van der Waals surface area contributed by atoms with Crippen LogP contribution in [0.25, 0.3) is 0 Å². The van der Waals surface area contributed by atoms with Crippen LogP contribution in [0.1, 0.15) is 36.1 Å². The van der Waals surface area contributed by atoms with Gasteiger partial charge >= 0.3 is 6.18 Å². The first-order valence-electron chi connectivity index (χ1n) is 9.71. The molecule has 0 radical (unpaired) electrons. The molecule has 7 nitrogen and oxygen atoms in total.